The summed E-state index contributed by atoms with van der Waals surface area (Å²) in [6.45, 7) is 12.6. The lowest BCUT2D eigenvalue weighted by molar-refractivity contribution is -0.127. The van der Waals surface area contributed by atoms with E-state index in [2.05, 4.69) is 23.3 Å². The molecule has 0 aromatic heterocycles. The largest absolute Gasteiger partial charge is 0.336 e. The van der Waals surface area contributed by atoms with Gasteiger partial charge < -0.3 is 14.7 Å². The quantitative estimate of drug-likeness (QED) is 0.665. The number of carbonyl (C=O) groups is 2. The van der Waals surface area contributed by atoms with Crippen molar-refractivity contribution in [2.75, 3.05) is 33.2 Å². The summed E-state index contributed by atoms with van der Waals surface area (Å²) in [6, 6.07) is 0.159. The highest BCUT2D eigenvalue weighted by molar-refractivity contribution is 5.93. The van der Waals surface area contributed by atoms with Gasteiger partial charge in [-0.05, 0) is 39.3 Å². The first kappa shape index (κ1) is 19.4. The predicted octanol–water partition coefficient (Wildman–Crippen LogP) is 2.42. The molecule has 0 radical (unpaired) electrons. The van der Waals surface area contributed by atoms with E-state index in [0.29, 0.717) is 24.7 Å². The molecule has 0 aromatic rings. The number of likely N-dealkylation sites (N-methyl/N-ethyl adjacent to an activating group) is 1. The number of amides is 1. The van der Waals surface area contributed by atoms with Gasteiger partial charge >= 0.3 is 0 Å². The van der Waals surface area contributed by atoms with Crippen LogP contribution >= 0.6 is 0 Å². The van der Waals surface area contributed by atoms with E-state index in [1.165, 1.54) is 0 Å². The molecule has 2 aliphatic rings. The number of Topliss-reactive ketones (excluding diaryl/α,β-unsaturated/α-hetero) is 1. The Labute approximate surface area is 151 Å². The van der Waals surface area contributed by atoms with Crippen LogP contribution in [0, 0.1) is 5.92 Å². The van der Waals surface area contributed by atoms with Crippen molar-refractivity contribution < 1.29 is 9.59 Å². The molecule has 0 spiro atoms. The van der Waals surface area contributed by atoms with E-state index in [9.17, 15) is 9.59 Å². The SMILES string of the molecule is C=C1CN(C(=O)/C=C/CN(C)CC)CC(C2CC2)N1/C(=C\C)C(C)=O. The van der Waals surface area contributed by atoms with Crippen LogP contribution in [0.15, 0.2) is 36.2 Å². The summed E-state index contributed by atoms with van der Waals surface area (Å²) in [5.74, 6) is 0.620. The zero-order valence-electron chi connectivity index (χ0n) is 16.0. The van der Waals surface area contributed by atoms with Crippen LogP contribution < -0.4 is 0 Å². The third-order valence-electron chi connectivity index (χ3n) is 5.04. The Morgan fingerprint density at radius 1 is 1.36 bits per heavy atom. The minimum Gasteiger partial charge on any atom is -0.336 e. The molecule has 1 atom stereocenters. The van der Waals surface area contributed by atoms with Crippen molar-refractivity contribution in [3.63, 3.8) is 0 Å². The summed E-state index contributed by atoms with van der Waals surface area (Å²) in [4.78, 5) is 30.6. The number of rotatable bonds is 7. The van der Waals surface area contributed by atoms with Gasteiger partial charge in [0.25, 0.3) is 0 Å². The number of nitrogens with zero attached hydrogens (tertiary/aromatic N) is 3. The van der Waals surface area contributed by atoms with E-state index in [1.807, 2.05) is 31.0 Å². The minimum atomic E-state index is 0.0285. The molecule has 0 bridgehead atoms. The number of hydrogen-bond acceptors (Lipinski definition) is 4. The molecular formula is C20H31N3O2. The van der Waals surface area contributed by atoms with E-state index < -0.39 is 0 Å². The van der Waals surface area contributed by atoms with E-state index in [4.69, 9.17) is 0 Å². The molecule has 138 valence electrons. The van der Waals surface area contributed by atoms with Crippen LogP contribution in [0.3, 0.4) is 0 Å². The first-order chi connectivity index (χ1) is 11.9. The summed E-state index contributed by atoms with van der Waals surface area (Å²) >= 11 is 0. The van der Waals surface area contributed by atoms with Crippen molar-refractivity contribution in [3.8, 4) is 0 Å². The fraction of sp³-hybridized carbons (Fsp3) is 0.600. The van der Waals surface area contributed by atoms with Gasteiger partial charge in [-0.15, -0.1) is 0 Å². The van der Waals surface area contributed by atoms with Crippen molar-refractivity contribution in [1.82, 2.24) is 14.7 Å². The van der Waals surface area contributed by atoms with Gasteiger partial charge in [0, 0.05) is 31.8 Å². The third kappa shape index (κ3) is 4.82. The van der Waals surface area contributed by atoms with Crippen LogP contribution in [-0.4, -0.2) is 65.7 Å². The lowest BCUT2D eigenvalue weighted by Gasteiger charge is -2.44. The lowest BCUT2D eigenvalue weighted by atomic mass is 10.0. The monoisotopic (exact) mass is 345 g/mol. The van der Waals surface area contributed by atoms with Crippen LogP contribution in [0.5, 0.6) is 0 Å². The summed E-state index contributed by atoms with van der Waals surface area (Å²) in [6.07, 6.45) is 7.76. The van der Waals surface area contributed by atoms with Gasteiger partial charge in [0.15, 0.2) is 5.78 Å². The Kier molecular flexibility index (Phi) is 6.59. The molecule has 0 aromatic carbocycles. The molecule has 2 rings (SSSR count). The van der Waals surface area contributed by atoms with E-state index in [1.54, 1.807) is 13.0 Å². The van der Waals surface area contributed by atoms with Crippen LogP contribution in [0.4, 0.5) is 0 Å². The highest BCUT2D eigenvalue weighted by Gasteiger charge is 2.42. The topological polar surface area (TPSA) is 43.9 Å². The molecule has 1 aliphatic heterocycles. The average Bonchev–Trinajstić information content (AvgIpc) is 3.40. The molecular weight excluding hydrogens is 314 g/mol. The van der Waals surface area contributed by atoms with Crippen LogP contribution in [0.25, 0.3) is 0 Å². The molecule has 0 N–H and O–H groups in total. The number of hydrogen-bond donors (Lipinski definition) is 0. The molecule has 25 heavy (non-hydrogen) atoms. The Bertz CT molecular complexity index is 590. The van der Waals surface area contributed by atoms with Crippen LogP contribution in [0.2, 0.25) is 0 Å². The van der Waals surface area contributed by atoms with E-state index >= 15 is 0 Å². The van der Waals surface area contributed by atoms with Crippen LogP contribution in [-0.2, 0) is 9.59 Å². The highest BCUT2D eigenvalue weighted by atomic mass is 16.2. The van der Waals surface area contributed by atoms with Gasteiger partial charge in [-0.1, -0.05) is 25.7 Å². The third-order valence-corrected chi connectivity index (χ3v) is 5.04. The van der Waals surface area contributed by atoms with Gasteiger partial charge in [-0.3, -0.25) is 9.59 Å². The van der Waals surface area contributed by atoms with Crippen molar-refractivity contribution >= 4 is 11.7 Å². The van der Waals surface area contributed by atoms with Crippen molar-refractivity contribution in [2.24, 2.45) is 5.92 Å². The standard InChI is InChI=1S/C20H31N3O2/c1-6-18(16(4)24)23-15(3)13-22(14-19(23)17-10-11-17)20(25)9-8-12-21(5)7-2/h6,8-9,17,19H,3,7,10-14H2,1-2,4-5H3/b9-8+,18-6-. The lowest BCUT2D eigenvalue weighted by Crippen LogP contribution is -2.54. The molecule has 1 heterocycles. The molecule has 5 heteroatoms. The first-order valence-corrected chi connectivity index (χ1v) is 9.17. The zero-order valence-corrected chi connectivity index (χ0v) is 16.0. The Morgan fingerprint density at radius 2 is 2.04 bits per heavy atom. The molecule has 1 saturated heterocycles. The van der Waals surface area contributed by atoms with Gasteiger partial charge in [-0.25, -0.2) is 0 Å². The molecule has 1 aliphatic carbocycles. The molecule has 1 amide bonds. The highest BCUT2D eigenvalue weighted by Crippen LogP contribution is 2.40. The summed E-state index contributed by atoms with van der Waals surface area (Å²) in [7, 11) is 2.03. The summed E-state index contributed by atoms with van der Waals surface area (Å²) in [5.41, 5.74) is 1.54. The minimum absolute atomic E-state index is 0.0285. The molecule has 1 saturated carbocycles. The fourth-order valence-corrected chi connectivity index (χ4v) is 3.34. The van der Waals surface area contributed by atoms with Crippen molar-refractivity contribution in [3.05, 3.63) is 36.2 Å². The Hall–Kier alpha value is -1.88. The Morgan fingerprint density at radius 3 is 2.56 bits per heavy atom. The van der Waals surface area contributed by atoms with Crippen molar-refractivity contribution in [1.29, 1.82) is 0 Å². The first-order valence-electron chi connectivity index (χ1n) is 9.17. The fourth-order valence-electron chi connectivity index (χ4n) is 3.34. The van der Waals surface area contributed by atoms with Gasteiger partial charge in [0.1, 0.15) is 0 Å². The second-order valence-corrected chi connectivity index (χ2v) is 7.05. The van der Waals surface area contributed by atoms with E-state index in [-0.39, 0.29) is 17.7 Å². The van der Waals surface area contributed by atoms with Crippen LogP contribution in [0.1, 0.15) is 33.6 Å². The van der Waals surface area contributed by atoms with Gasteiger partial charge in [-0.2, -0.15) is 0 Å². The maximum Gasteiger partial charge on any atom is 0.246 e. The number of piperazine rings is 1. The number of allylic oxidation sites excluding steroid dienone is 2. The molecule has 5 nitrogen and oxygen atoms in total. The number of carbonyl (C=O) groups excluding carboxylic acids is 2. The zero-order chi connectivity index (χ0) is 18.6. The molecule has 1 unspecified atom stereocenters. The van der Waals surface area contributed by atoms with Gasteiger partial charge in [0.2, 0.25) is 5.91 Å². The normalized spacial score (nSPS) is 22.2. The summed E-state index contributed by atoms with van der Waals surface area (Å²) in [5, 5.41) is 0. The maximum absolute atomic E-state index is 12.6. The second-order valence-electron chi connectivity index (χ2n) is 7.05. The molecule has 2 fully saturated rings. The predicted molar refractivity (Wildman–Crippen MR) is 101 cm³/mol. The van der Waals surface area contributed by atoms with E-state index in [0.717, 1.165) is 31.6 Å². The van der Waals surface area contributed by atoms with Gasteiger partial charge in [0.05, 0.1) is 18.3 Å². The second kappa shape index (κ2) is 8.48. The van der Waals surface area contributed by atoms with Crippen molar-refractivity contribution in [2.45, 2.75) is 39.7 Å². The maximum atomic E-state index is 12.6. The summed E-state index contributed by atoms with van der Waals surface area (Å²) < 4.78 is 0. The average molecular weight is 345 g/mol. The Balaban J connectivity index is 2.10. The number of ketones is 1. The smallest absolute Gasteiger partial charge is 0.246 e.